The minimum Gasteiger partial charge on any atom is -0.356 e. The van der Waals surface area contributed by atoms with Crippen molar-refractivity contribution in [3.8, 4) is 0 Å². The van der Waals surface area contributed by atoms with E-state index in [4.69, 9.17) is 0 Å². The monoisotopic (exact) mass is 402 g/mol. The van der Waals surface area contributed by atoms with Crippen LogP contribution < -0.4 is 10.2 Å². The number of rotatable bonds is 3. The summed E-state index contributed by atoms with van der Waals surface area (Å²) in [5.74, 6) is -0.667. The molecule has 0 spiro atoms. The molecular weight excluding hydrogens is 382 g/mol. The van der Waals surface area contributed by atoms with Gasteiger partial charge < -0.3 is 10.2 Å². The highest BCUT2D eigenvalue weighted by Gasteiger charge is 2.26. The Morgan fingerprint density at radius 2 is 2.14 bits per heavy atom. The van der Waals surface area contributed by atoms with E-state index in [0.29, 0.717) is 16.9 Å². The lowest BCUT2D eigenvalue weighted by Gasteiger charge is -2.32. The van der Waals surface area contributed by atoms with Gasteiger partial charge >= 0.3 is 0 Å². The molecule has 5 nitrogen and oxygen atoms in total. The second kappa shape index (κ2) is 7.43. The van der Waals surface area contributed by atoms with Gasteiger partial charge in [-0.2, -0.15) is 0 Å². The third kappa shape index (κ3) is 3.44. The number of hydrogen-bond donors (Lipinski definition) is 1. The molecule has 1 saturated heterocycles. The maximum Gasteiger partial charge on any atom is 0.257 e. The van der Waals surface area contributed by atoms with Crippen LogP contribution >= 0.6 is 11.3 Å². The molecule has 1 N–H and O–H groups in total. The van der Waals surface area contributed by atoms with Crippen molar-refractivity contribution in [2.75, 3.05) is 23.3 Å². The Kier molecular flexibility index (Phi) is 4.97. The number of aryl methyl sites for hydroxylation is 1. The third-order valence-corrected chi connectivity index (χ3v) is 6.02. The van der Waals surface area contributed by atoms with E-state index in [1.807, 2.05) is 6.92 Å². The van der Waals surface area contributed by atoms with Gasteiger partial charge in [0.05, 0.1) is 16.6 Å². The molecule has 0 saturated carbocycles. The van der Waals surface area contributed by atoms with Gasteiger partial charge in [0, 0.05) is 24.0 Å². The Morgan fingerprint density at radius 3 is 2.89 bits per heavy atom. The molecule has 3 aromatic rings. The number of anilines is 2. The molecule has 0 unspecified atom stereocenters. The van der Waals surface area contributed by atoms with E-state index in [1.165, 1.54) is 30.2 Å². The Balaban J connectivity index is 1.76. The lowest BCUT2D eigenvalue weighted by Crippen LogP contribution is -2.35. The van der Waals surface area contributed by atoms with E-state index < -0.39 is 17.5 Å². The van der Waals surface area contributed by atoms with Crippen LogP contribution in [0.2, 0.25) is 0 Å². The van der Waals surface area contributed by atoms with Crippen LogP contribution in [0.4, 0.5) is 20.3 Å². The van der Waals surface area contributed by atoms with E-state index in [2.05, 4.69) is 27.1 Å². The Morgan fingerprint density at radius 1 is 1.32 bits per heavy atom. The predicted octanol–water partition coefficient (Wildman–Crippen LogP) is 4.77. The first-order chi connectivity index (χ1) is 13.4. The van der Waals surface area contributed by atoms with Crippen molar-refractivity contribution in [1.82, 2.24) is 9.97 Å². The number of carbonyl (C=O) groups excluding carboxylic acids is 1. The van der Waals surface area contributed by atoms with Gasteiger partial charge in [-0.1, -0.05) is 6.92 Å². The third-order valence-electron chi connectivity index (χ3n) is 5.01. The van der Waals surface area contributed by atoms with Gasteiger partial charge in [0.15, 0.2) is 0 Å². The van der Waals surface area contributed by atoms with E-state index in [9.17, 15) is 13.6 Å². The largest absolute Gasteiger partial charge is 0.356 e. The molecule has 2 aromatic heterocycles. The normalized spacial score (nSPS) is 17.1. The summed E-state index contributed by atoms with van der Waals surface area (Å²) < 4.78 is 27.1. The maximum absolute atomic E-state index is 14.0. The summed E-state index contributed by atoms with van der Waals surface area (Å²) in [4.78, 5) is 25.5. The molecule has 146 valence electrons. The Labute approximate surface area is 165 Å². The van der Waals surface area contributed by atoms with Crippen molar-refractivity contribution in [1.29, 1.82) is 0 Å². The Bertz CT molecular complexity index is 1050. The van der Waals surface area contributed by atoms with Crippen LogP contribution in [0, 0.1) is 24.5 Å². The maximum atomic E-state index is 14.0. The van der Waals surface area contributed by atoms with Crippen molar-refractivity contribution >= 4 is 39.0 Å². The van der Waals surface area contributed by atoms with Crippen LogP contribution in [0.1, 0.15) is 35.0 Å². The lowest BCUT2D eigenvalue weighted by molar-refractivity contribution is 0.102. The van der Waals surface area contributed by atoms with E-state index in [1.54, 1.807) is 0 Å². The molecule has 1 amide bonds. The fraction of sp³-hybridized carbons (Fsp3) is 0.350. The number of aromatic nitrogens is 2. The molecule has 0 bridgehead atoms. The number of carbonyl (C=O) groups is 1. The number of thiophene rings is 1. The molecule has 1 aliphatic heterocycles. The standard InChI is InChI=1S/C20H20F2N4OS/c1-11-4-3-7-26(9-11)18-17-16(12(2)28-20(17)24-10-23-18)19(27)25-15-6-5-13(21)8-14(15)22/h5-6,8,10-11H,3-4,7,9H2,1-2H3,(H,25,27)/t11-/m0/s1. The van der Waals surface area contributed by atoms with Gasteiger partial charge in [-0.05, 0) is 37.8 Å². The fourth-order valence-electron chi connectivity index (χ4n) is 3.70. The van der Waals surface area contributed by atoms with Gasteiger partial charge in [-0.3, -0.25) is 4.79 Å². The molecule has 0 aliphatic carbocycles. The topological polar surface area (TPSA) is 58.1 Å². The van der Waals surface area contributed by atoms with Crippen molar-refractivity contribution in [2.24, 2.45) is 5.92 Å². The molecule has 8 heteroatoms. The van der Waals surface area contributed by atoms with Gasteiger partial charge in [0.1, 0.15) is 28.6 Å². The quantitative estimate of drug-likeness (QED) is 0.686. The van der Waals surface area contributed by atoms with Gasteiger partial charge in [-0.25, -0.2) is 18.7 Å². The van der Waals surface area contributed by atoms with Crippen LogP contribution in [0.3, 0.4) is 0 Å². The second-order valence-corrected chi connectivity index (χ2v) is 8.39. The first kappa shape index (κ1) is 18.7. The highest BCUT2D eigenvalue weighted by molar-refractivity contribution is 7.19. The first-order valence-corrected chi connectivity index (χ1v) is 10.0. The number of benzene rings is 1. The molecule has 1 fully saturated rings. The molecule has 1 aromatic carbocycles. The summed E-state index contributed by atoms with van der Waals surface area (Å²) in [6, 6.07) is 3.08. The molecule has 1 atom stereocenters. The van der Waals surface area contributed by atoms with Gasteiger partial charge in [-0.15, -0.1) is 11.3 Å². The van der Waals surface area contributed by atoms with Crippen molar-refractivity contribution in [2.45, 2.75) is 26.7 Å². The van der Waals surface area contributed by atoms with Crippen molar-refractivity contribution in [3.63, 3.8) is 0 Å². The summed E-state index contributed by atoms with van der Waals surface area (Å²) in [5, 5.41) is 3.26. The highest BCUT2D eigenvalue weighted by Crippen LogP contribution is 2.36. The number of fused-ring (bicyclic) bond motifs is 1. The zero-order valence-electron chi connectivity index (χ0n) is 15.6. The average Bonchev–Trinajstić information content (AvgIpc) is 3.00. The fourth-order valence-corrected chi connectivity index (χ4v) is 4.68. The zero-order valence-corrected chi connectivity index (χ0v) is 16.4. The smallest absolute Gasteiger partial charge is 0.257 e. The second-order valence-electron chi connectivity index (χ2n) is 7.18. The molecule has 1 aliphatic rings. The zero-order chi connectivity index (χ0) is 19.8. The number of amides is 1. The number of nitrogens with zero attached hydrogens (tertiary/aromatic N) is 3. The van der Waals surface area contributed by atoms with E-state index in [-0.39, 0.29) is 5.69 Å². The highest BCUT2D eigenvalue weighted by atomic mass is 32.1. The van der Waals surface area contributed by atoms with Crippen LogP contribution in [0.25, 0.3) is 10.2 Å². The van der Waals surface area contributed by atoms with Crippen LogP contribution in [-0.2, 0) is 0 Å². The minimum atomic E-state index is -0.813. The van der Waals surface area contributed by atoms with Crippen LogP contribution in [0.5, 0.6) is 0 Å². The summed E-state index contributed by atoms with van der Waals surface area (Å²) >= 11 is 1.41. The molecule has 0 radical (unpaired) electrons. The van der Waals surface area contributed by atoms with Crippen LogP contribution in [-0.4, -0.2) is 29.0 Å². The van der Waals surface area contributed by atoms with Gasteiger partial charge in [0.25, 0.3) is 5.91 Å². The molecule has 4 rings (SSSR count). The number of piperidine rings is 1. The summed E-state index contributed by atoms with van der Waals surface area (Å²) in [6.45, 7) is 5.78. The predicted molar refractivity (Wildman–Crippen MR) is 107 cm³/mol. The first-order valence-electron chi connectivity index (χ1n) is 9.19. The summed E-state index contributed by atoms with van der Waals surface area (Å²) in [7, 11) is 0. The average molecular weight is 402 g/mol. The van der Waals surface area contributed by atoms with Crippen LogP contribution in [0.15, 0.2) is 24.5 Å². The molecule has 3 heterocycles. The summed E-state index contributed by atoms with van der Waals surface area (Å²) in [6.07, 6.45) is 3.76. The minimum absolute atomic E-state index is 0.0601. The SMILES string of the molecule is Cc1sc2ncnc(N3CCC[C@H](C)C3)c2c1C(=O)Nc1ccc(F)cc1F. The van der Waals surface area contributed by atoms with Crippen molar-refractivity contribution < 1.29 is 13.6 Å². The lowest BCUT2D eigenvalue weighted by atomic mass is 10.00. The summed E-state index contributed by atoms with van der Waals surface area (Å²) in [5.41, 5.74) is 0.382. The Hall–Kier alpha value is -2.61. The molecular formula is C20H20F2N4OS. The van der Waals surface area contributed by atoms with Gasteiger partial charge in [0.2, 0.25) is 0 Å². The number of halogens is 2. The molecule has 28 heavy (non-hydrogen) atoms. The van der Waals surface area contributed by atoms with E-state index in [0.717, 1.165) is 47.2 Å². The number of nitrogens with one attached hydrogen (secondary N) is 1. The van der Waals surface area contributed by atoms with E-state index >= 15 is 0 Å². The number of hydrogen-bond acceptors (Lipinski definition) is 5. The van der Waals surface area contributed by atoms with Crippen molar-refractivity contribution in [3.05, 3.63) is 46.6 Å².